The van der Waals surface area contributed by atoms with E-state index >= 15 is 0 Å². The van der Waals surface area contributed by atoms with E-state index in [1.165, 1.54) is 162 Å². The van der Waals surface area contributed by atoms with Crippen LogP contribution in [0.2, 0.25) is 0 Å². The molecular weight excluding hydrogens is 961 g/mol. The predicted molar refractivity (Wildman–Crippen MR) is 335 cm³/mol. The maximum absolute atomic E-state index is 5.68. The van der Waals surface area contributed by atoms with Gasteiger partial charge in [0, 0.05) is 108 Å². The van der Waals surface area contributed by atoms with Crippen LogP contribution in [0.1, 0.15) is 168 Å². The molecule has 1 aliphatic carbocycles. The zero-order chi connectivity index (χ0) is 57.6. The number of likely N-dealkylation sites (N-methyl/N-ethyl adjacent to an activating group) is 4. The summed E-state index contributed by atoms with van der Waals surface area (Å²) in [5.74, 6) is 0. The molecule has 7 heterocycles. The first-order valence-corrected chi connectivity index (χ1v) is 31.5. The highest BCUT2D eigenvalue weighted by atomic mass is 15.2. The Morgan fingerprint density at radius 3 is 1.39 bits per heavy atom. The molecule has 7 fully saturated rings. The van der Waals surface area contributed by atoms with Crippen LogP contribution in [-0.2, 0) is 13.6 Å². The quantitative estimate of drug-likeness (QED) is 0.127. The first-order valence-electron chi connectivity index (χ1n) is 31.5. The maximum Gasteiger partial charge on any atom is 0.0945 e. The smallest absolute Gasteiger partial charge is 0.0945 e. The van der Waals surface area contributed by atoms with Crippen LogP contribution in [-0.4, -0.2) is 232 Å². The predicted octanol–water partition coefficient (Wildman–Crippen LogP) is 4.02. The number of aromatic nitrogens is 2. The number of piperidine rings is 3. The van der Waals surface area contributed by atoms with E-state index in [9.17, 15) is 0 Å². The van der Waals surface area contributed by atoms with Crippen LogP contribution < -0.4 is 51.6 Å². The lowest BCUT2D eigenvalue weighted by atomic mass is 9.93. The van der Waals surface area contributed by atoms with Crippen LogP contribution >= 0.6 is 0 Å². The second-order valence-corrected chi connectivity index (χ2v) is 23.0. The Labute approximate surface area is 476 Å². The van der Waals surface area contributed by atoms with Gasteiger partial charge in [-0.05, 0) is 222 Å². The Morgan fingerprint density at radius 1 is 0.519 bits per heavy atom. The van der Waals surface area contributed by atoms with E-state index in [1.54, 1.807) is 12.5 Å². The molecule has 1 aromatic heterocycles. The molecule has 6 aliphatic heterocycles. The number of likely N-dealkylation sites (tertiary alicyclic amines) is 6. The standard InChI is InChI=1S/C8H18N2.3C7H16N2.C7H15N.2C6H14N2.C6H16N2.C5H9N3/c1-10-7-3-5-8(10)4-2-6-9;1-9-5-3-2-4-7(9)6-8;1-2-9-5-3-4-7(9)6-8;8-4-7-9-5-2-1-3-6-9;1-3-7-5-4-6-8(7)2;1-8-4-2-3-6(7)5-8;7-5-1-2-6(8)4-3-5;1-3-8(4-2)6-5-7;1-8-4-7-3-5(8)2-6/h8H,2-7,9H2,1H3;2*7H,2-6,8H2,1H3;1-8H2;7H,3-6H2,1-2H3;6H,2-5,7H2,1H3;5-6H,1-4,7-8H2;3-7H2,1-2H3;3-4H,2,6H2,1H3. The van der Waals surface area contributed by atoms with Crippen molar-refractivity contribution in [3.8, 4) is 0 Å². The second kappa shape index (κ2) is 50.3. The van der Waals surface area contributed by atoms with Crippen molar-refractivity contribution >= 4 is 0 Å². The monoisotopic (exact) mass is 1100 g/mol. The Morgan fingerprint density at radius 2 is 1.04 bits per heavy atom. The first-order chi connectivity index (χ1) is 37.1. The van der Waals surface area contributed by atoms with Gasteiger partial charge in [-0.15, -0.1) is 0 Å². The minimum Gasteiger partial charge on any atom is -0.337 e. The molecule has 0 aromatic carbocycles. The van der Waals surface area contributed by atoms with Gasteiger partial charge in [0.05, 0.1) is 12.0 Å². The van der Waals surface area contributed by atoms with E-state index in [4.69, 9.17) is 51.6 Å². The minimum absolute atomic E-state index is 0.439. The summed E-state index contributed by atoms with van der Waals surface area (Å²) < 4.78 is 1.90. The molecule has 18 heteroatoms. The highest BCUT2D eigenvalue weighted by Gasteiger charge is 2.22. The third-order valence-corrected chi connectivity index (χ3v) is 16.8. The topological polar surface area (TPSA) is 275 Å². The van der Waals surface area contributed by atoms with Crippen LogP contribution in [0.25, 0.3) is 0 Å². The molecule has 5 atom stereocenters. The van der Waals surface area contributed by atoms with Crippen molar-refractivity contribution in [1.82, 2.24) is 43.9 Å². The lowest BCUT2D eigenvalue weighted by Crippen LogP contribution is -2.41. The van der Waals surface area contributed by atoms with Gasteiger partial charge < -0.3 is 85.6 Å². The second-order valence-electron chi connectivity index (χ2n) is 23.0. The number of nitrogens with two attached hydrogens (primary N) is 9. The summed E-state index contributed by atoms with van der Waals surface area (Å²) >= 11 is 0. The molecule has 18 N–H and O–H groups in total. The van der Waals surface area contributed by atoms with Crippen LogP contribution in [0.15, 0.2) is 12.5 Å². The molecule has 0 bridgehead atoms. The van der Waals surface area contributed by atoms with Crippen molar-refractivity contribution in [2.45, 2.75) is 211 Å². The molecule has 0 spiro atoms. The normalized spacial score (nSPS) is 26.1. The molecule has 0 radical (unpaired) electrons. The molecule has 6 saturated heterocycles. The number of imidazole rings is 1. The van der Waals surface area contributed by atoms with Crippen molar-refractivity contribution in [3.63, 3.8) is 0 Å². The van der Waals surface area contributed by atoms with Crippen molar-refractivity contribution in [2.75, 3.05) is 146 Å². The average Bonchev–Trinajstić information content (AvgIpc) is 4.29. The zero-order valence-electron chi connectivity index (χ0n) is 52.2. The molecule has 460 valence electrons. The summed E-state index contributed by atoms with van der Waals surface area (Å²) in [7, 11) is 10.7. The van der Waals surface area contributed by atoms with Crippen LogP contribution in [0, 0.1) is 0 Å². The van der Waals surface area contributed by atoms with E-state index in [0.717, 1.165) is 109 Å². The molecule has 18 nitrogen and oxygen atoms in total. The molecule has 1 saturated carbocycles. The van der Waals surface area contributed by atoms with Gasteiger partial charge in [0.25, 0.3) is 0 Å². The fraction of sp³-hybridized carbons (Fsp3) is 0.949. The van der Waals surface area contributed by atoms with E-state index in [2.05, 4.69) is 95.2 Å². The molecule has 5 unspecified atom stereocenters. The maximum atomic E-state index is 5.68. The Kier molecular flexibility index (Phi) is 49.4. The summed E-state index contributed by atoms with van der Waals surface area (Å²) in [6.45, 7) is 29.0. The highest BCUT2D eigenvalue weighted by Crippen LogP contribution is 2.19. The number of hydrogen-bond donors (Lipinski definition) is 9. The summed E-state index contributed by atoms with van der Waals surface area (Å²) in [4.78, 5) is 20.7. The van der Waals surface area contributed by atoms with Crippen molar-refractivity contribution in [3.05, 3.63) is 18.2 Å². The number of rotatable bonds is 14. The van der Waals surface area contributed by atoms with E-state index in [1.807, 2.05) is 11.6 Å². The molecule has 8 rings (SSSR count). The van der Waals surface area contributed by atoms with Gasteiger partial charge in [0.2, 0.25) is 0 Å². The van der Waals surface area contributed by atoms with Gasteiger partial charge in [-0.1, -0.05) is 40.5 Å². The Hall–Kier alpha value is -1.43. The number of aryl methyl sites for hydroxylation is 1. The third kappa shape index (κ3) is 38.1. The van der Waals surface area contributed by atoms with E-state index < -0.39 is 0 Å². The van der Waals surface area contributed by atoms with Crippen LogP contribution in [0.3, 0.4) is 0 Å². The van der Waals surface area contributed by atoms with Gasteiger partial charge in [-0.3, -0.25) is 4.90 Å². The fourth-order valence-corrected chi connectivity index (χ4v) is 11.2. The SMILES string of the molecule is CCC1CCCN1C.CCN(CC)CCN.CCN1CCCC1CN.CN1CCCC(N)C1.CN1CCCC1CCCN.CN1CCCCC1CN.Cn1cncc1CN.NC1CCC(N)CC1.NCCN1CCCCC1. The lowest BCUT2D eigenvalue weighted by Gasteiger charge is -2.31. The van der Waals surface area contributed by atoms with E-state index in [0.29, 0.717) is 36.8 Å². The molecule has 7 aliphatic rings. The number of nitrogens with zero attached hydrogens (tertiary/aromatic N) is 9. The summed E-state index contributed by atoms with van der Waals surface area (Å²) in [5.41, 5.74) is 50.7. The molecular formula is C59H134N18. The van der Waals surface area contributed by atoms with Crippen molar-refractivity contribution < 1.29 is 0 Å². The zero-order valence-corrected chi connectivity index (χ0v) is 52.2. The first kappa shape index (κ1) is 75.6. The van der Waals surface area contributed by atoms with Crippen LogP contribution in [0.4, 0.5) is 0 Å². The fourth-order valence-electron chi connectivity index (χ4n) is 11.2. The van der Waals surface area contributed by atoms with Gasteiger partial charge in [-0.25, -0.2) is 4.98 Å². The average molecular weight is 1100 g/mol. The summed E-state index contributed by atoms with van der Waals surface area (Å²) in [6, 6.07) is 4.41. The van der Waals surface area contributed by atoms with Gasteiger partial charge in [-0.2, -0.15) is 0 Å². The molecule has 0 amide bonds. The number of hydrogen-bond acceptors (Lipinski definition) is 17. The molecule has 77 heavy (non-hydrogen) atoms. The third-order valence-electron chi connectivity index (χ3n) is 16.8. The van der Waals surface area contributed by atoms with Crippen molar-refractivity contribution in [2.24, 2.45) is 58.7 Å². The van der Waals surface area contributed by atoms with Crippen molar-refractivity contribution in [1.29, 1.82) is 0 Å². The largest absolute Gasteiger partial charge is 0.337 e. The van der Waals surface area contributed by atoms with Crippen LogP contribution in [0.5, 0.6) is 0 Å². The minimum atomic E-state index is 0.439. The highest BCUT2D eigenvalue weighted by molar-refractivity contribution is 4.95. The van der Waals surface area contributed by atoms with E-state index in [-0.39, 0.29) is 0 Å². The van der Waals surface area contributed by atoms with Gasteiger partial charge >= 0.3 is 0 Å². The van der Waals surface area contributed by atoms with Gasteiger partial charge in [0.15, 0.2) is 0 Å². The molecule has 1 aromatic rings. The summed E-state index contributed by atoms with van der Waals surface area (Å²) in [6.07, 6.45) is 30.8. The van der Waals surface area contributed by atoms with Gasteiger partial charge in [0.1, 0.15) is 0 Å². The Balaban J connectivity index is 0.000000845. The summed E-state index contributed by atoms with van der Waals surface area (Å²) in [5, 5.41) is 0. The Bertz CT molecular complexity index is 1340. The lowest BCUT2D eigenvalue weighted by molar-refractivity contribution is 0.191.